The first-order valence-corrected chi connectivity index (χ1v) is 6.95. The van der Waals surface area contributed by atoms with Crippen LogP contribution in [0.5, 0.6) is 0 Å². The van der Waals surface area contributed by atoms with E-state index in [0.29, 0.717) is 23.4 Å². The SMILES string of the molecule is Cc1cc(-c2nn(CC(C)C)c(=O)c(N)c2C)ccc1F. The number of nitrogen functional groups attached to an aromatic ring is 1. The molecule has 0 amide bonds. The molecule has 1 aromatic heterocycles. The highest BCUT2D eigenvalue weighted by molar-refractivity contribution is 5.68. The number of rotatable bonds is 3. The van der Waals surface area contributed by atoms with Crippen LogP contribution in [-0.4, -0.2) is 9.78 Å². The van der Waals surface area contributed by atoms with E-state index in [2.05, 4.69) is 5.10 Å². The van der Waals surface area contributed by atoms with Crippen molar-refractivity contribution < 1.29 is 4.39 Å². The molecule has 112 valence electrons. The summed E-state index contributed by atoms with van der Waals surface area (Å²) in [7, 11) is 0. The maximum atomic E-state index is 13.4. The molecule has 0 saturated heterocycles. The zero-order valence-electron chi connectivity index (χ0n) is 12.8. The van der Waals surface area contributed by atoms with E-state index in [1.807, 2.05) is 13.8 Å². The predicted octanol–water partition coefficient (Wildman–Crippen LogP) is 2.90. The molecule has 2 aromatic rings. The largest absolute Gasteiger partial charge is 0.394 e. The van der Waals surface area contributed by atoms with Gasteiger partial charge in [-0.05, 0) is 43.5 Å². The van der Waals surface area contributed by atoms with E-state index in [9.17, 15) is 9.18 Å². The Morgan fingerprint density at radius 2 is 2.00 bits per heavy atom. The third-order valence-corrected chi connectivity index (χ3v) is 3.41. The maximum Gasteiger partial charge on any atom is 0.290 e. The second-order valence-electron chi connectivity index (χ2n) is 5.73. The van der Waals surface area contributed by atoms with Crippen molar-refractivity contribution in [3.63, 3.8) is 0 Å². The number of hydrogen-bond donors (Lipinski definition) is 1. The van der Waals surface area contributed by atoms with Gasteiger partial charge < -0.3 is 5.73 Å². The second kappa shape index (κ2) is 5.68. The summed E-state index contributed by atoms with van der Waals surface area (Å²) >= 11 is 0. The Morgan fingerprint density at radius 1 is 1.33 bits per heavy atom. The molecule has 0 aliphatic carbocycles. The molecule has 1 aromatic carbocycles. The minimum Gasteiger partial charge on any atom is -0.394 e. The number of aryl methyl sites for hydroxylation is 1. The minimum absolute atomic E-state index is 0.197. The van der Waals surface area contributed by atoms with Crippen LogP contribution in [0.2, 0.25) is 0 Å². The molecule has 0 spiro atoms. The standard InChI is InChI=1S/C16H20FN3O/c1-9(2)8-20-16(21)14(18)11(4)15(19-20)12-5-6-13(17)10(3)7-12/h5-7,9H,8,18H2,1-4H3. The van der Waals surface area contributed by atoms with Crippen molar-refractivity contribution in [3.8, 4) is 11.3 Å². The van der Waals surface area contributed by atoms with Gasteiger partial charge in [-0.25, -0.2) is 9.07 Å². The topological polar surface area (TPSA) is 60.9 Å². The molecule has 0 aliphatic rings. The Bertz CT molecular complexity index is 735. The third kappa shape index (κ3) is 2.96. The van der Waals surface area contributed by atoms with Gasteiger partial charge in [0.15, 0.2) is 0 Å². The Labute approximate surface area is 123 Å². The van der Waals surface area contributed by atoms with Crippen LogP contribution in [0, 0.1) is 25.6 Å². The van der Waals surface area contributed by atoms with Crippen LogP contribution in [0.3, 0.4) is 0 Å². The van der Waals surface area contributed by atoms with Gasteiger partial charge in [0, 0.05) is 17.7 Å². The van der Waals surface area contributed by atoms with Crippen LogP contribution in [0.1, 0.15) is 25.0 Å². The van der Waals surface area contributed by atoms with Crippen LogP contribution in [0.15, 0.2) is 23.0 Å². The lowest BCUT2D eigenvalue weighted by atomic mass is 10.0. The highest BCUT2D eigenvalue weighted by Crippen LogP contribution is 2.24. The van der Waals surface area contributed by atoms with Gasteiger partial charge in [0.25, 0.3) is 5.56 Å². The lowest BCUT2D eigenvalue weighted by Crippen LogP contribution is -2.29. The fourth-order valence-electron chi connectivity index (χ4n) is 2.20. The summed E-state index contributed by atoms with van der Waals surface area (Å²) in [6.07, 6.45) is 0. The first-order valence-electron chi connectivity index (χ1n) is 6.95. The molecule has 0 saturated carbocycles. The molecular formula is C16H20FN3O. The Balaban J connectivity index is 2.65. The van der Waals surface area contributed by atoms with Crippen molar-refractivity contribution in [1.29, 1.82) is 0 Å². The molecule has 0 aliphatic heterocycles. The summed E-state index contributed by atoms with van der Waals surface area (Å²) in [5.74, 6) is 0.0139. The van der Waals surface area contributed by atoms with Crippen molar-refractivity contribution in [3.05, 3.63) is 45.5 Å². The Morgan fingerprint density at radius 3 is 2.57 bits per heavy atom. The van der Waals surface area contributed by atoms with E-state index in [4.69, 9.17) is 5.73 Å². The molecule has 0 fully saturated rings. The highest BCUT2D eigenvalue weighted by atomic mass is 19.1. The molecular weight excluding hydrogens is 269 g/mol. The average molecular weight is 289 g/mol. The van der Waals surface area contributed by atoms with Gasteiger partial charge in [0.05, 0.1) is 5.69 Å². The molecule has 0 atom stereocenters. The fraction of sp³-hybridized carbons (Fsp3) is 0.375. The average Bonchev–Trinajstić information content (AvgIpc) is 2.42. The molecule has 0 unspecified atom stereocenters. The predicted molar refractivity (Wildman–Crippen MR) is 82.6 cm³/mol. The van der Waals surface area contributed by atoms with Gasteiger partial charge in [-0.15, -0.1) is 0 Å². The van der Waals surface area contributed by atoms with Gasteiger partial charge in [-0.1, -0.05) is 13.8 Å². The summed E-state index contributed by atoms with van der Waals surface area (Å²) < 4.78 is 14.8. The van der Waals surface area contributed by atoms with Gasteiger partial charge >= 0.3 is 0 Å². The van der Waals surface area contributed by atoms with Crippen molar-refractivity contribution in [2.24, 2.45) is 5.92 Å². The monoisotopic (exact) mass is 289 g/mol. The minimum atomic E-state index is -0.274. The van der Waals surface area contributed by atoms with Gasteiger partial charge in [-0.3, -0.25) is 4.79 Å². The summed E-state index contributed by atoms with van der Waals surface area (Å²) in [6.45, 7) is 7.97. The summed E-state index contributed by atoms with van der Waals surface area (Å²) in [6, 6.07) is 4.77. The van der Waals surface area contributed by atoms with E-state index in [1.165, 1.54) is 10.7 Å². The fourth-order valence-corrected chi connectivity index (χ4v) is 2.20. The zero-order chi connectivity index (χ0) is 15.7. The summed E-state index contributed by atoms with van der Waals surface area (Å²) in [5.41, 5.74) is 8.39. The first kappa shape index (κ1) is 15.2. The van der Waals surface area contributed by atoms with E-state index in [-0.39, 0.29) is 23.0 Å². The molecule has 21 heavy (non-hydrogen) atoms. The van der Waals surface area contributed by atoms with Gasteiger partial charge in [0.1, 0.15) is 11.5 Å². The molecule has 1 heterocycles. The van der Waals surface area contributed by atoms with Crippen LogP contribution >= 0.6 is 0 Å². The number of nitrogens with zero attached hydrogens (tertiary/aromatic N) is 2. The molecule has 2 N–H and O–H groups in total. The van der Waals surface area contributed by atoms with E-state index < -0.39 is 0 Å². The quantitative estimate of drug-likeness (QED) is 0.945. The lowest BCUT2D eigenvalue weighted by molar-refractivity contribution is 0.465. The maximum absolute atomic E-state index is 13.4. The smallest absolute Gasteiger partial charge is 0.290 e. The van der Waals surface area contributed by atoms with Crippen LogP contribution in [0.4, 0.5) is 10.1 Å². The van der Waals surface area contributed by atoms with E-state index in [1.54, 1.807) is 26.0 Å². The number of hydrogen-bond acceptors (Lipinski definition) is 3. The Kier molecular flexibility index (Phi) is 4.11. The molecule has 5 heteroatoms. The van der Waals surface area contributed by atoms with Crippen molar-refractivity contribution in [2.45, 2.75) is 34.2 Å². The van der Waals surface area contributed by atoms with Crippen molar-refractivity contribution in [2.75, 3.05) is 5.73 Å². The summed E-state index contributed by atoms with van der Waals surface area (Å²) in [4.78, 5) is 12.1. The van der Waals surface area contributed by atoms with Crippen LogP contribution in [-0.2, 0) is 6.54 Å². The Hall–Kier alpha value is -2.17. The molecule has 0 radical (unpaired) electrons. The van der Waals surface area contributed by atoms with Crippen LogP contribution in [0.25, 0.3) is 11.3 Å². The molecule has 0 bridgehead atoms. The number of aromatic nitrogens is 2. The number of anilines is 1. The summed E-state index contributed by atoms with van der Waals surface area (Å²) in [5, 5.41) is 4.42. The lowest BCUT2D eigenvalue weighted by Gasteiger charge is -2.14. The highest BCUT2D eigenvalue weighted by Gasteiger charge is 2.14. The normalized spacial score (nSPS) is 11.1. The van der Waals surface area contributed by atoms with Crippen molar-refractivity contribution in [1.82, 2.24) is 9.78 Å². The van der Waals surface area contributed by atoms with E-state index in [0.717, 1.165) is 5.56 Å². The van der Waals surface area contributed by atoms with E-state index >= 15 is 0 Å². The number of nitrogens with two attached hydrogens (primary N) is 1. The second-order valence-corrected chi connectivity index (χ2v) is 5.73. The van der Waals surface area contributed by atoms with Crippen molar-refractivity contribution >= 4 is 5.69 Å². The first-order chi connectivity index (χ1) is 9.81. The third-order valence-electron chi connectivity index (χ3n) is 3.41. The van der Waals surface area contributed by atoms with Crippen LogP contribution < -0.4 is 11.3 Å². The number of benzene rings is 1. The van der Waals surface area contributed by atoms with Gasteiger partial charge in [-0.2, -0.15) is 5.10 Å². The number of halogens is 1. The molecule has 4 nitrogen and oxygen atoms in total. The molecule has 2 rings (SSSR count). The zero-order valence-corrected chi connectivity index (χ0v) is 12.8. The van der Waals surface area contributed by atoms with Gasteiger partial charge in [0.2, 0.25) is 0 Å².